The van der Waals surface area contributed by atoms with Crippen molar-refractivity contribution in [3.05, 3.63) is 23.8 Å². The van der Waals surface area contributed by atoms with E-state index in [1.807, 2.05) is 23.1 Å². The van der Waals surface area contributed by atoms with Crippen LogP contribution in [-0.2, 0) is 6.54 Å². The summed E-state index contributed by atoms with van der Waals surface area (Å²) in [5.74, 6) is 1.89. The van der Waals surface area contributed by atoms with Gasteiger partial charge in [0.1, 0.15) is 0 Å². The first kappa shape index (κ1) is 19.8. The van der Waals surface area contributed by atoms with Crippen molar-refractivity contribution in [1.29, 1.82) is 0 Å². The highest BCUT2D eigenvalue weighted by Gasteiger charge is 2.23. The minimum absolute atomic E-state index is 0.0232. The lowest BCUT2D eigenvalue weighted by Gasteiger charge is -2.33. The summed E-state index contributed by atoms with van der Waals surface area (Å²) >= 11 is 0. The molecule has 2 amide bonds. The van der Waals surface area contributed by atoms with Crippen LogP contribution in [0.25, 0.3) is 0 Å². The number of carbonyl (C=O) groups is 1. The van der Waals surface area contributed by atoms with Crippen molar-refractivity contribution in [2.75, 3.05) is 53.0 Å². The maximum absolute atomic E-state index is 12.8. The van der Waals surface area contributed by atoms with Gasteiger partial charge in [-0.15, -0.1) is 0 Å². The summed E-state index contributed by atoms with van der Waals surface area (Å²) in [6.45, 7) is 5.32. The minimum atomic E-state index is -0.0232. The van der Waals surface area contributed by atoms with Crippen molar-refractivity contribution < 1.29 is 19.4 Å². The zero-order chi connectivity index (χ0) is 19.1. The highest BCUT2D eigenvalue weighted by molar-refractivity contribution is 5.74. The summed E-state index contributed by atoms with van der Waals surface area (Å²) in [5.41, 5.74) is 0.969. The van der Waals surface area contributed by atoms with Crippen LogP contribution in [0.2, 0.25) is 0 Å². The number of amides is 2. The SMILES string of the molecule is COc1cccc2c1OCCCN(C(=O)NCC1CCCN(CCO)C1)C2. The third-order valence-corrected chi connectivity index (χ3v) is 5.31. The number of urea groups is 1. The lowest BCUT2D eigenvalue weighted by molar-refractivity contribution is 0.136. The van der Waals surface area contributed by atoms with E-state index in [4.69, 9.17) is 14.6 Å². The summed E-state index contributed by atoms with van der Waals surface area (Å²) in [5, 5.41) is 12.2. The van der Waals surface area contributed by atoms with Gasteiger partial charge in [-0.25, -0.2) is 4.79 Å². The second kappa shape index (κ2) is 9.80. The van der Waals surface area contributed by atoms with Gasteiger partial charge in [-0.05, 0) is 37.8 Å². The molecule has 2 aliphatic rings. The fraction of sp³-hybridized carbons (Fsp3) is 0.650. The van der Waals surface area contributed by atoms with Crippen LogP contribution in [-0.4, -0.2) is 74.0 Å². The van der Waals surface area contributed by atoms with Crippen molar-refractivity contribution in [3.63, 3.8) is 0 Å². The fourth-order valence-corrected chi connectivity index (χ4v) is 3.90. The van der Waals surface area contributed by atoms with Crippen LogP contribution in [0.4, 0.5) is 4.79 Å². The summed E-state index contributed by atoms with van der Waals surface area (Å²) in [6.07, 6.45) is 3.03. The Morgan fingerprint density at radius 3 is 3.07 bits per heavy atom. The van der Waals surface area contributed by atoms with Gasteiger partial charge < -0.3 is 29.7 Å². The van der Waals surface area contributed by atoms with E-state index >= 15 is 0 Å². The highest BCUT2D eigenvalue weighted by Crippen LogP contribution is 2.33. The molecule has 1 fully saturated rings. The molecule has 1 aromatic carbocycles. The van der Waals surface area contributed by atoms with Crippen molar-refractivity contribution in [1.82, 2.24) is 15.1 Å². The molecule has 3 rings (SSSR count). The molecule has 1 unspecified atom stereocenters. The van der Waals surface area contributed by atoms with Gasteiger partial charge in [-0.3, -0.25) is 0 Å². The Labute approximate surface area is 161 Å². The molecule has 0 radical (unpaired) electrons. The molecular weight excluding hydrogens is 346 g/mol. The Morgan fingerprint density at radius 1 is 1.37 bits per heavy atom. The Bertz CT molecular complexity index is 623. The van der Waals surface area contributed by atoms with E-state index < -0.39 is 0 Å². The Morgan fingerprint density at radius 2 is 2.26 bits per heavy atom. The number of aliphatic hydroxyl groups is 1. The van der Waals surface area contributed by atoms with Crippen molar-refractivity contribution >= 4 is 6.03 Å². The Hall–Kier alpha value is -1.99. The van der Waals surface area contributed by atoms with Gasteiger partial charge in [0.15, 0.2) is 11.5 Å². The van der Waals surface area contributed by atoms with E-state index in [-0.39, 0.29) is 12.6 Å². The molecule has 27 heavy (non-hydrogen) atoms. The first-order valence-corrected chi connectivity index (χ1v) is 9.86. The average molecular weight is 377 g/mol. The number of hydrogen-bond donors (Lipinski definition) is 2. The van der Waals surface area contributed by atoms with E-state index in [9.17, 15) is 4.79 Å². The molecule has 1 atom stereocenters. The van der Waals surface area contributed by atoms with Crippen LogP contribution in [0.5, 0.6) is 11.5 Å². The van der Waals surface area contributed by atoms with Gasteiger partial charge in [-0.1, -0.05) is 12.1 Å². The third-order valence-electron chi connectivity index (χ3n) is 5.31. The standard InChI is InChI=1S/C20H31N3O4/c1-26-18-7-2-6-17-15-23(9-4-12-27-19(17)18)20(25)21-13-16-5-3-8-22(14-16)10-11-24/h2,6-7,16,24H,3-5,8-15H2,1H3,(H,21,25). The first-order chi connectivity index (χ1) is 13.2. The Kier molecular flexibility index (Phi) is 7.18. The van der Waals surface area contributed by atoms with E-state index in [0.29, 0.717) is 37.9 Å². The summed E-state index contributed by atoms with van der Waals surface area (Å²) in [6, 6.07) is 5.77. The topological polar surface area (TPSA) is 74.3 Å². The molecule has 1 saturated heterocycles. The number of ether oxygens (including phenoxy) is 2. The maximum Gasteiger partial charge on any atom is 0.317 e. The van der Waals surface area contributed by atoms with Crippen molar-refractivity contribution in [3.8, 4) is 11.5 Å². The molecule has 0 aliphatic carbocycles. The van der Waals surface area contributed by atoms with Crippen LogP contribution >= 0.6 is 0 Å². The van der Waals surface area contributed by atoms with Crippen LogP contribution in [0.1, 0.15) is 24.8 Å². The molecule has 0 aromatic heterocycles. The number of methoxy groups -OCH3 is 1. The molecule has 2 N–H and O–H groups in total. The number of carbonyl (C=O) groups excluding carboxylic acids is 1. The van der Waals surface area contributed by atoms with E-state index in [1.165, 1.54) is 0 Å². The molecular formula is C20H31N3O4. The molecule has 2 heterocycles. The highest BCUT2D eigenvalue weighted by atomic mass is 16.5. The van der Waals surface area contributed by atoms with Crippen molar-refractivity contribution in [2.24, 2.45) is 5.92 Å². The molecule has 2 aliphatic heterocycles. The predicted molar refractivity (Wildman–Crippen MR) is 103 cm³/mol. The lowest BCUT2D eigenvalue weighted by Crippen LogP contribution is -2.46. The number of benzene rings is 1. The second-order valence-corrected chi connectivity index (χ2v) is 7.29. The summed E-state index contributed by atoms with van der Waals surface area (Å²) < 4.78 is 11.3. The number of nitrogens with zero attached hydrogens (tertiary/aromatic N) is 2. The van der Waals surface area contributed by atoms with E-state index in [0.717, 1.165) is 50.2 Å². The normalized spacial score (nSPS) is 20.8. The van der Waals surface area contributed by atoms with Gasteiger partial charge in [0.25, 0.3) is 0 Å². The maximum atomic E-state index is 12.8. The smallest absolute Gasteiger partial charge is 0.317 e. The first-order valence-electron chi connectivity index (χ1n) is 9.86. The lowest BCUT2D eigenvalue weighted by atomic mass is 9.98. The van der Waals surface area contributed by atoms with Crippen LogP contribution in [0.3, 0.4) is 0 Å². The summed E-state index contributed by atoms with van der Waals surface area (Å²) in [4.78, 5) is 16.9. The number of piperidine rings is 1. The third kappa shape index (κ3) is 5.26. The molecule has 0 spiro atoms. The van der Waals surface area contributed by atoms with Gasteiger partial charge >= 0.3 is 6.03 Å². The van der Waals surface area contributed by atoms with E-state index in [2.05, 4.69) is 10.2 Å². The average Bonchev–Trinajstić information content (AvgIpc) is 2.67. The number of β-amino-alcohol motifs (C(OH)–C–C–N with tert-alkyl or cyclic N) is 1. The molecule has 7 nitrogen and oxygen atoms in total. The minimum Gasteiger partial charge on any atom is -0.493 e. The van der Waals surface area contributed by atoms with Crippen LogP contribution < -0.4 is 14.8 Å². The quantitative estimate of drug-likeness (QED) is 0.817. The van der Waals surface area contributed by atoms with Gasteiger partial charge in [-0.2, -0.15) is 0 Å². The molecule has 150 valence electrons. The Balaban J connectivity index is 1.57. The van der Waals surface area contributed by atoms with Crippen LogP contribution in [0.15, 0.2) is 18.2 Å². The number of fused-ring (bicyclic) bond motifs is 1. The predicted octanol–water partition coefficient (Wildman–Crippen LogP) is 1.69. The zero-order valence-electron chi connectivity index (χ0n) is 16.2. The van der Waals surface area contributed by atoms with Crippen LogP contribution in [0, 0.1) is 5.92 Å². The number of rotatable bonds is 5. The van der Waals surface area contributed by atoms with Gasteiger partial charge in [0, 0.05) is 31.7 Å². The second-order valence-electron chi connectivity index (χ2n) is 7.29. The van der Waals surface area contributed by atoms with Crippen molar-refractivity contribution in [2.45, 2.75) is 25.8 Å². The number of likely N-dealkylation sites (tertiary alicyclic amines) is 1. The largest absolute Gasteiger partial charge is 0.493 e. The molecule has 7 heteroatoms. The fourth-order valence-electron chi connectivity index (χ4n) is 3.90. The van der Waals surface area contributed by atoms with Gasteiger partial charge in [0.2, 0.25) is 0 Å². The zero-order valence-corrected chi connectivity index (χ0v) is 16.2. The molecule has 0 saturated carbocycles. The monoisotopic (exact) mass is 377 g/mol. The number of nitrogens with one attached hydrogen (secondary N) is 1. The molecule has 1 aromatic rings. The number of aliphatic hydroxyl groups excluding tert-OH is 1. The number of hydrogen-bond acceptors (Lipinski definition) is 5. The van der Waals surface area contributed by atoms with E-state index in [1.54, 1.807) is 7.11 Å². The summed E-state index contributed by atoms with van der Waals surface area (Å²) in [7, 11) is 1.63. The number of para-hydroxylation sites is 1. The van der Waals surface area contributed by atoms with Gasteiger partial charge in [0.05, 0.1) is 26.9 Å². The molecule has 0 bridgehead atoms.